The van der Waals surface area contributed by atoms with Crippen LogP contribution >= 0.6 is 12.4 Å². The number of piperidine rings is 1. The Balaban J connectivity index is 0.00000220. The largest absolute Gasteiger partial charge is 0.329 e. The molecule has 9 heteroatoms. The van der Waals surface area contributed by atoms with Crippen molar-refractivity contribution in [2.24, 2.45) is 5.73 Å². The highest BCUT2D eigenvalue weighted by Crippen LogP contribution is 2.30. The zero-order valence-electron chi connectivity index (χ0n) is 11.3. The molecule has 0 bridgehead atoms. The lowest BCUT2D eigenvalue weighted by molar-refractivity contribution is -0.387. The van der Waals surface area contributed by atoms with Crippen LogP contribution in [0.2, 0.25) is 0 Å². The number of nitro benzene ring substituents is 1. The summed E-state index contributed by atoms with van der Waals surface area (Å²) < 4.78 is 26.6. The molecule has 1 aromatic carbocycles. The third-order valence-electron chi connectivity index (χ3n) is 3.49. The fourth-order valence-corrected chi connectivity index (χ4v) is 4.34. The monoisotopic (exact) mass is 335 g/mol. The van der Waals surface area contributed by atoms with Crippen LogP contribution in [0.4, 0.5) is 5.69 Å². The summed E-state index contributed by atoms with van der Waals surface area (Å²) in [5.74, 6) is 0. The molecule has 21 heavy (non-hydrogen) atoms. The van der Waals surface area contributed by atoms with Gasteiger partial charge in [0.1, 0.15) is 0 Å². The zero-order chi connectivity index (χ0) is 14.8. The van der Waals surface area contributed by atoms with Crippen LogP contribution in [0.1, 0.15) is 19.3 Å². The number of halogens is 1. The van der Waals surface area contributed by atoms with Gasteiger partial charge in [-0.3, -0.25) is 10.1 Å². The van der Waals surface area contributed by atoms with Gasteiger partial charge in [0, 0.05) is 25.2 Å². The van der Waals surface area contributed by atoms with E-state index in [0.717, 1.165) is 12.8 Å². The third-order valence-corrected chi connectivity index (χ3v) is 5.49. The van der Waals surface area contributed by atoms with E-state index in [1.165, 1.54) is 28.6 Å². The summed E-state index contributed by atoms with van der Waals surface area (Å²) in [5.41, 5.74) is 5.23. The molecule has 2 rings (SSSR count). The minimum atomic E-state index is -3.89. The summed E-state index contributed by atoms with van der Waals surface area (Å²) in [6.07, 6.45) is 2.36. The van der Waals surface area contributed by atoms with Crippen LogP contribution in [0.5, 0.6) is 0 Å². The molecule has 118 valence electrons. The maximum absolute atomic E-state index is 12.6. The average Bonchev–Trinajstić information content (AvgIpc) is 2.47. The van der Waals surface area contributed by atoms with E-state index in [1.54, 1.807) is 0 Å². The Morgan fingerprint density at radius 1 is 1.33 bits per heavy atom. The van der Waals surface area contributed by atoms with Crippen molar-refractivity contribution >= 4 is 28.1 Å². The SMILES string of the molecule is Cl.NCC1CCCCN1S(=O)(=O)c1ccccc1[N+](=O)[O-]. The van der Waals surface area contributed by atoms with Gasteiger partial charge in [-0.2, -0.15) is 4.31 Å². The normalized spacial score (nSPS) is 19.8. The van der Waals surface area contributed by atoms with E-state index < -0.39 is 20.6 Å². The van der Waals surface area contributed by atoms with Gasteiger partial charge < -0.3 is 5.73 Å². The lowest BCUT2D eigenvalue weighted by Crippen LogP contribution is -2.47. The van der Waals surface area contributed by atoms with Crippen LogP contribution in [0.15, 0.2) is 29.2 Å². The molecule has 0 saturated carbocycles. The van der Waals surface area contributed by atoms with E-state index in [0.29, 0.717) is 13.0 Å². The molecule has 7 nitrogen and oxygen atoms in total. The Morgan fingerprint density at radius 2 is 2.00 bits per heavy atom. The van der Waals surface area contributed by atoms with Gasteiger partial charge in [-0.25, -0.2) is 8.42 Å². The minimum Gasteiger partial charge on any atom is -0.329 e. The smallest absolute Gasteiger partial charge is 0.289 e. The highest BCUT2D eigenvalue weighted by atomic mass is 35.5. The van der Waals surface area contributed by atoms with E-state index >= 15 is 0 Å². The van der Waals surface area contributed by atoms with Crippen molar-refractivity contribution in [3.8, 4) is 0 Å². The first-order chi connectivity index (χ1) is 9.48. The van der Waals surface area contributed by atoms with Gasteiger partial charge in [-0.05, 0) is 18.9 Å². The molecule has 1 saturated heterocycles. The summed E-state index contributed by atoms with van der Waals surface area (Å²) in [6, 6.07) is 5.13. The maximum Gasteiger partial charge on any atom is 0.289 e. The first kappa shape index (κ1) is 17.8. The lowest BCUT2D eigenvalue weighted by atomic mass is 10.1. The number of hydrogen-bond donors (Lipinski definition) is 1. The fraction of sp³-hybridized carbons (Fsp3) is 0.500. The number of nitrogens with zero attached hydrogens (tertiary/aromatic N) is 2. The number of nitro groups is 1. The quantitative estimate of drug-likeness (QED) is 0.663. The van der Waals surface area contributed by atoms with Gasteiger partial charge in [0.2, 0.25) is 10.0 Å². The standard InChI is InChI=1S/C12H17N3O4S.ClH/c13-9-10-5-3-4-8-14(10)20(18,19)12-7-2-1-6-11(12)15(16)17;/h1-2,6-7,10H,3-5,8-9,13H2;1H. The second-order valence-electron chi connectivity index (χ2n) is 4.73. The predicted octanol–water partition coefficient (Wildman–Crippen LogP) is 1.52. The van der Waals surface area contributed by atoms with Crippen molar-refractivity contribution in [3.63, 3.8) is 0 Å². The van der Waals surface area contributed by atoms with Gasteiger partial charge in [-0.15, -0.1) is 12.4 Å². The number of hydrogen-bond acceptors (Lipinski definition) is 5. The molecule has 1 aliphatic heterocycles. The molecule has 1 fully saturated rings. The summed E-state index contributed by atoms with van der Waals surface area (Å²) in [7, 11) is -3.89. The van der Waals surface area contributed by atoms with Gasteiger partial charge in [0.15, 0.2) is 4.90 Å². The molecule has 1 aliphatic rings. The van der Waals surface area contributed by atoms with Crippen LogP contribution < -0.4 is 5.73 Å². The van der Waals surface area contributed by atoms with Crippen molar-refractivity contribution in [2.45, 2.75) is 30.2 Å². The summed E-state index contributed by atoms with van der Waals surface area (Å²) in [5, 5.41) is 11.0. The van der Waals surface area contributed by atoms with Gasteiger partial charge >= 0.3 is 0 Å². The van der Waals surface area contributed by atoms with Crippen LogP contribution in [-0.4, -0.2) is 36.8 Å². The number of rotatable bonds is 4. The number of benzene rings is 1. The van der Waals surface area contributed by atoms with Crippen molar-refractivity contribution < 1.29 is 13.3 Å². The molecule has 1 heterocycles. The Morgan fingerprint density at radius 3 is 2.62 bits per heavy atom. The highest BCUT2D eigenvalue weighted by molar-refractivity contribution is 7.89. The Bertz CT molecular complexity index is 608. The second-order valence-corrected chi connectivity index (χ2v) is 6.58. The summed E-state index contributed by atoms with van der Waals surface area (Å²) in [4.78, 5) is 10.1. The number of nitrogens with two attached hydrogens (primary N) is 1. The maximum atomic E-state index is 12.6. The Hall–Kier alpha value is -1.22. The van der Waals surface area contributed by atoms with Crippen molar-refractivity contribution in [1.29, 1.82) is 0 Å². The first-order valence-corrected chi connectivity index (χ1v) is 7.88. The van der Waals surface area contributed by atoms with Crippen LogP contribution in [0.25, 0.3) is 0 Å². The molecular weight excluding hydrogens is 318 g/mol. The molecule has 0 amide bonds. The van der Waals surface area contributed by atoms with E-state index in [2.05, 4.69) is 0 Å². The first-order valence-electron chi connectivity index (χ1n) is 6.44. The van der Waals surface area contributed by atoms with Gasteiger partial charge in [-0.1, -0.05) is 18.6 Å². The average molecular weight is 336 g/mol. The molecule has 0 aromatic heterocycles. The minimum absolute atomic E-state index is 0. The molecule has 2 N–H and O–H groups in total. The van der Waals surface area contributed by atoms with Crippen LogP contribution in [-0.2, 0) is 10.0 Å². The highest BCUT2D eigenvalue weighted by Gasteiger charge is 2.36. The Labute approximate surface area is 129 Å². The van der Waals surface area contributed by atoms with Crippen molar-refractivity contribution in [2.75, 3.05) is 13.1 Å². The molecule has 1 atom stereocenters. The van der Waals surface area contributed by atoms with Crippen LogP contribution in [0, 0.1) is 10.1 Å². The van der Waals surface area contributed by atoms with E-state index in [1.807, 2.05) is 0 Å². The molecule has 0 aliphatic carbocycles. The lowest BCUT2D eigenvalue weighted by Gasteiger charge is -2.33. The summed E-state index contributed by atoms with van der Waals surface area (Å²) >= 11 is 0. The molecular formula is C12H18ClN3O4S. The van der Waals surface area contributed by atoms with Gasteiger partial charge in [0.05, 0.1) is 4.92 Å². The summed E-state index contributed by atoms with van der Waals surface area (Å²) in [6.45, 7) is 0.579. The fourth-order valence-electron chi connectivity index (χ4n) is 2.48. The molecule has 0 radical (unpaired) electrons. The molecule has 1 unspecified atom stereocenters. The van der Waals surface area contributed by atoms with Crippen LogP contribution in [0.3, 0.4) is 0 Å². The van der Waals surface area contributed by atoms with E-state index in [4.69, 9.17) is 5.73 Å². The topological polar surface area (TPSA) is 107 Å². The van der Waals surface area contributed by atoms with E-state index in [-0.39, 0.29) is 29.9 Å². The van der Waals surface area contributed by atoms with Gasteiger partial charge in [0.25, 0.3) is 5.69 Å². The van der Waals surface area contributed by atoms with E-state index in [9.17, 15) is 18.5 Å². The zero-order valence-corrected chi connectivity index (χ0v) is 13.0. The number of para-hydroxylation sites is 1. The second kappa shape index (κ2) is 7.17. The third kappa shape index (κ3) is 3.52. The van der Waals surface area contributed by atoms with Crippen molar-refractivity contribution in [1.82, 2.24) is 4.31 Å². The van der Waals surface area contributed by atoms with Crippen molar-refractivity contribution in [3.05, 3.63) is 34.4 Å². The predicted molar refractivity (Wildman–Crippen MR) is 80.9 cm³/mol. The number of sulfonamides is 1. The Kier molecular flexibility index (Phi) is 6.09. The molecule has 0 spiro atoms. The molecule has 1 aromatic rings.